The molecule has 1 aliphatic rings. The zero-order chi connectivity index (χ0) is 10.3. The van der Waals surface area contributed by atoms with Crippen molar-refractivity contribution in [1.82, 2.24) is 4.72 Å². The van der Waals surface area contributed by atoms with E-state index in [9.17, 15) is 18.5 Å². The van der Waals surface area contributed by atoms with Crippen molar-refractivity contribution in [3.05, 3.63) is 33.9 Å². The van der Waals surface area contributed by atoms with Gasteiger partial charge in [-0.2, -0.15) is 0 Å². The molecule has 2 rings (SSSR count). The smallest absolute Gasteiger partial charge is 0.258 e. The summed E-state index contributed by atoms with van der Waals surface area (Å²) in [5.41, 5.74) is 0.0774. The molecule has 0 saturated carbocycles. The molecule has 0 saturated heterocycles. The van der Waals surface area contributed by atoms with E-state index in [0.717, 1.165) is 0 Å². The molecule has 0 bridgehead atoms. The van der Waals surface area contributed by atoms with E-state index in [0.29, 0.717) is 0 Å². The molecule has 0 fully saturated rings. The molecular formula is C7H6N2O4S. The summed E-state index contributed by atoms with van der Waals surface area (Å²) in [5.74, 6) is 0. The molecule has 1 heterocycles. The summed E-state index contributed by atoms with van der Waals surface area (Å²) in [6.07, 6.45) is 0. The number of nitrogens with zero attached hydrogens (tertiary/aromatic N) is 1. The topological polar surface area (TPSA) is 89.3 Å². The van der Waals surface area contributed by atoms with Crippen molar-refractivity contribution >= 4 is 15.7 Å². The van der Waals surface area contributed by atoms with E-state index in [1.54, 1.807) is 0 Å². The third kappa shape index (κ3) is 1.17. The van der Waals surface area contributed by atoms with Crippen LogP contribution in [0, 0.1) is 10.1 Å². The standard InChI is InChI=1S/C7H6N2O4S/c10-9(11)6-2-1-3-7-5(6)4-8-14(7,12)13/h1-3,8H,4H2. The minimum absolute atomic E-state index is 0.00514. The summed E-state index contributed by atoms with van der Waals surface area (Å²) in [6, 6.07) is 4.01. The average Bonchev–Trinajstić information content (AvgIpc) is 2.42. The average molecular weight is 214 g/mol. The van der Waals surface area contributed by atoms with Gasteiger partial charge in [-0.15, -0.1) is 0 Å². The minimum Gasteiger partial charge on any atom is -0.258 e. The van der Waals surface area contributed by atoms with Crippen LogP contribution in [-0.4, -0.2) is 13.3 Å². The van der Waals surface area contributed by atoms with Gasteiger partial charge in [0.2, 0.25) is 10.0 Å². The summed E-state index contributed by atoms with van der Waals surface area (Å²) < 4.78 is 24.8. The second-order valence-corrected chi connectivity index (χ2v) is 4.57. The molecule has 14 heavy (non-hydrogen) atoms. The molecule has 6 nitrogen and oxygen atoms in total. The first kappa shape index (κ1) is 9.10. The van der Waals surface area contributed by atoms with Crippen LogP contribution in [0.4, 0.5) is 5.69 Å². The van der Waals surface area contributed by atoms with Crippen LogP contribution in [0.2, 0.25) is 0 Å². The summed E-state index contributed by atoms with van der Waals surface area (Å²) in [4.78, 5) is 9.98. The first-order valence-corrected chi connectivity index (χ1v) is 5.26. The van der Waals surface area contributed by atoms with Crippen molar-refractivity contribution in [2.75, 3.05) is 0 Å². The lowest BCUT2D eigenvalue weighted by Crippen LogP contribution is -2.13. The number of fused-ring (bicyclic) bond motifs is 1. The van der Waals surface area contributed by atoms with Gasteiger partial charge < -0.3 is 0 Å². The lowest BCUT2D eigenvalue weighted by molar-refractivity contribution is -0.385. The van der Waals surface area contributed by atoms with E-state index in [1.807, 2.05) is 0 Å². The van der Waals surface area contributed by atoms with Crippen molar-refractivity contribution < 1.29 is 13.3 Å². The number of nitro groups is 1. The predicted molar refractivity (Wildman–Crippen MR) is 47.1 cm³/mol. The van der Waals surface area contributed by atoms with Crippen LogP contribution >= 0.6 is 0 Å². The number of benzene rings is 1. The number of nitro benzene ring substituents is 1. The Morgan fingerprint density at radius 2 is 2.14 bits per heavy atom. The molecule has 0 atom stereocenters. The Morgan fingerprint density at radius 3 is 2.79 bits per heavy atom. The molecular weight excluding hydrogens is 208 g/mol. The fourth-order valence-corrected chi connectivity index (χ4v) is 2.65. The molecule has 1 aromatic rings. The predicted octanol–water partition coefficient (Wildman–Crippen LogP) is 0.387. The van der Waals surface area contributed by atoms with Crippen LogP contribution in [0.5, 0.6) is 0 Å². The molecule has 0 unspecified atom stereocenters. The van der Waals surface area contributed by atoms with E-state index < -0.39 is 14.9 Å². The van der Waals surface area contributed by atoms with E-state index in [2.05, 4.69) is 4.72 Å². The molecule has 0 spiro atoms. The van der Waals surface area contributed by atoms with Crippen molar-refractivity contribution in [3.8, 4) is 0 Å². The number of sulfonamides is 1. The second kappa shape index (κ2) is 2.76. The number of hydrogen-bond donors (Lipinski definition) is 1. The third-order valence-corrected chi connectivity index (χ3v) is 3.52. The van der Waals surface area contributed by atoms with Gasteiger partial charge in [-0.05, 0) is 6.07 Å². The Labute approximate surface area is 79.8 Å². The van der Waals surface area contributed by atoms with Gasteiger partial charge in [-0.3, -0.25) is 10.1 Å². The monoisotopic (exact) mass is 214 g/mol. The van der Waals surface area contributed by atoms with Crippen LogP contribution < -0.4 is 4.72 Å². The molecule has 0 aliphatic carbocycles. The van der Waals surface area contributed by atoms with Gasteiger partial charge in [0.1, 0.15) is 0 Å². The normalized spacial score (nSPS) is 17.7. The molecule has 1 N–H and O–H groups in total. The van der Waals surface area contributed by atoms with Crippen LogP contribution in [0.1, 0.15) is 5.56 Å². The molecule has 7 heteroatoms. The zero-order valence-electron chi connectivity index (χ0n) is 6.93. The van der Waals surface area contributed by atoms with Gasteiger partial charge in [0, 0.05) is 12.6 Å². The van der Waals surface area contributed by atoms with Gasteiger partial charge in [0.25, 0.3) is 5.69 Å². The highest BCUT2D eigenvalue weighted by molar-refractivity contribution is 7.89. The largest absolute Gasteiger partial charge is 0.275 e. The first-order chi connectivity index (χ1) is 6.52. The molecule has 1 aliphatic heterocycles. The highest BCUT2D eigenvalue weighted by Gasteiger charge is 2.31. The summed E-state index contributed by atoms with van der Waals surface area (Å²) >= 11 is 0. The summed E-state index contributed by atoms with van der Waals surface area (Å²) in [5, 5.41) is 10.6. The third-order valence-electron chi connectivity index (χ3n) is 2.03. The Bertz CT molecular complexity index is 508. The van der Waals surface area contributed by atoms with Gasteiger partial charge >= 0.3 is 0 Å². The molecule has 0 radical (unpaired) electrons. The van der Waals surface area contributed by atoms with E-state index in [4.69, 9.17) is 0 Å². The summed E-state index contributed by atoms with van der Waals surface area (Å²) in [6.45, 7) is -0.00514. The van der Waals surface area contributed by atoms with Gasteiger partial charge in [-0.1, -0.05) is 6.07 Å². The van der Waals surface area contributed by atoms with E-state index >= 15 is 0 Å². The maximum Gasteiger partial charge on any atom is 0.275 e. The second-order valence-electron chi connectivity index (χ2n) is 2.84. The number of hydrogen-bond acceptors (Lipinski definition) is 4. The zero-order valence-corrected chi connectivity index (χ0v) is 7.74. The Morgan fingerprint density at radius 1 is 1.43 bits per heavy atom. The maximum absolute atomic E-state index is 11.3. The maximum atomic E-state index is 11.3. The highest BCUT2D eigenvalue weighted by Crippen LogP contribution is 2.29. The Balaban J connectivity index is 2.74. The van der Waals surface area contributed by atoms with Crippen molar-refractivity contribution in [3.63, 3.8) is 0 Å². The van der Waals surface area contributed by atoms with Crippen LogP contribution in [0.25, 0.3) is 0 Å². The lowest BCUT2D eigenvalue weighted by Gasteiger charge is -1.96. The van der Waals surface area contributed by atoms with E-state index in [1.165, 1.54) is 18.2 Å². The van der Waals surface area contributed by atoms with Crippen LogP contribution in [-0.2, 0) is 16.6 Å². The Kier molecular flexibility index (Phi) is 1.79. The van der Waals surface area contributed by atoms with Gasteiger partial charge in [-0.25, -0.2) is 13.1 Å². The van der Waals surface area contributed by atoms with Crippen molar-refractivity contribution in [1.29, 1.82) is 0 Å². The van der Waals surface area contributed by atoms with Crippen LogP contribution in [0.15, 0.2) is 23.1 Å². The number of nitrogens with one attached hydrogen (secondary N) is 1. The fraction of sp³-hybridized carbons (Fsp3) is 0.143. The van der Waals surface area contributed by atoms with Crippen molar-refractivity contribution in [2.24, 2.45) is 0 Å². The Hall–Kier alpha value is -1.47. The van der Waals surface area contributed by atoms with Gasteiger partial charge in [0.15, 0.2) is 0 Å². The van der Waals surface area contributed by atoms with Crippen LogP contribution in [0.3, 0.4) is 0 Å². The van der Waals surface area contributed by atoms with Gasteiger partial charge in [0.05, 0.1) is 15.4 Å². The van der Waals surface area contributed by atoms with E-state index in [-0.39, 0.29) is 22.7 Å². The molecule has 1 aromatic carbocycles. The number of rotatable bonds is 1. The molecule has 0 aromatic heterocycles. The lowest BCUT2D eigenvalue weighted by atomic mass is 10.2. The first-order valence-electron chi connectivity index (χ1n) is 3.78. The molecule has 74 valence electrons. The quantitative estimate of drug-likeness (QED) is 0.540. The SMILES string of the molecule is O=[N+]([O-])c1cccc2c1CNS2(=O)=O. The molecule has 0 amide bonds. The summed E-state index contributed by atoms with van der Waals surface area (Å²) in [7, 11) is -3.52. The highest BCUT2D eigenvalue weighted by atomic mass is 32.2. The van der Waals surface area contributed by atoms with Crippen molar-refractivity contribution in [2.45, 2.75) is 11.4 Å². The minimum atomic E-state index is -3.52. The fourth-order valence-electron chi connectivity index (χ4n) is 1.40.